The molecule has 0 aliphatic carbocycles. The zero-order valence-electron chi connectivity index (χ0n) is 13.7. The van der Waals surface area contributed by atoms with Crippen LogP contribution >= 0.6 is 0 Å². The van der Waals surface area contributed by atoms with Gasteiger partial charge in [0.2, 0.25) is 0 Å². The molecule has 0 N–H and O–H groups in total. The van der Waals surface area contributed by atoms with Crippen molar-refractivity contribution >= 4 is 5.91 Å². The molecular formula is C16H19F6NO. The van der Waals surface area contributed by atoms with Crippen LogP contribution in [0.15, 0.2) is 18.2 Å². The molecule has 0 unspecified atom stereocenters. The number of hydrogen-bond acceptors (Lipinski definition) is 1. The summed E-state index contributed by atoms with van der Waals surface area (Å²) < 4.78 is 77.0. The first kappa shape index (κ1) is 20.3. The van der Waals surface area contributed by atoms with Crippen molar-refractivity contribution in [1.29, 1.82) is 0 Å². The van der Waals surface area contributed by atoms with E-state index in [4.69, 9.17) is 0 Å². The van der Waals surface area contributed by atoms with Gasteiger partial charge in [0.25, 0.3) is 5.91 Å². The molecule has 0 radical (unpaired) electrons. The highest BCUT2D eigenvalue weighted by Crippen LogP contribution is 2.36. The topological polar surface area (TPSA) is 20.3 Å². The lowest BCUT2D eigenvalue weighted by molar-refractivity contribution is -0.143. The summed E-state index contributed by atoms with van der Waals surface area (Å²) in [6.07, 6.45) is -9.37. The Morgan fingerprint density at radius 2 is 1.38 bits per heavy atom. The van der Waals surface area contributed by atoms with Gasteiger partial charge in [-0.25, -0.2) is 0 Å². The molecule has 1 rings (SSSR count). The van der Waals surface area contributed by atoms with Gasteiger partial charge in [0.15, 0.2) is 0 Å². The van der Waals surface area contributed by atoms with E-state index >= 15 is 0 Å². The normalized spacial score (nSPS) is 14.0. The number of alkyl halides is 6. The molecule has 1 aromatic rings. The molecule has 0 heterocycles. The van der Waals surface area contributed by atoms with Crippen LogP contribution < -0.4 is 0 Å². The Balaban J connectivity index is 3.29. The third-order valence-corrected chi connectivity index (χ3v) is 3.63. The monoisotopic (exact) mass is 355 g/mol. The standard InChI is InChI=1S/C16H19F6NO/c1-9(2)5-10(3)23(4)14(24)11-6-12(15(17,18)19)8-13(7-11)16(20,21)22/h6-10H,5H2,1-4H3/t10-/m1/s1. The summed E-state index contributed by atoms with van der Waals surface area (Å²) in [6.45, 7) is 5.50. The maximum Gasteiger partial charge on any atom is 0.416 e. The van der Waals surface area contributed by atoms with Crippen LogP contribution in [-0.2, 0) is 12.4 Å². The minimum absolute atomic E-state index is 0.00826. The van der Waals surface area contributed by atoms with Crippen molar-refractivity contribution in [2.24, 2.45) is 5.92 Å². The molecular weight excluding hydrogens is 336 g/mol. The van der Waals surface area contributed by atoms with E-state index in [1.165, 1.54) is 7.05 Å². The maximum atomic E-state index is 12.8. The quantitative estimate of drug-likeness (QED) is 0.677. The lowest BCUT2D eigenvalue weighted by atomic mass is 10.0. The summed E-state index contributed by atoms with van der Waals surface area (Å²) in [5.74, 6) is -0.651. The summed E-state index contributed by atoms with van der Waals surface area (Å²) >= 11 is 0. The molecule has 1 aromatic carbocycles. The van der Waals surface area contributed by atoms with E-state index in [0.717, 1.165) is 4.90 Å². The molecule has 24 heavy (non-hydrogen) atoms. The SMILES string of the molecule is CC(C)C[C@@H](C)N(C)C(=O)c1cc(C(F)(F)F)cc(C(F)(F)F)c1. The van der Waals surface area contributed by atoms with Crippen LogP contribution in [0.5, 0.6) is 0 Å². The number of amides is 1. The van der Waals surface area contributed by atoms with Gasteiger partial charge in [0, 0.05) is 18.7 Å². The van der Waals surface area contributed by atoms with Crippen LogP contribution in [0.2, 0.25) is 0 Å². The van der Waals surface area contributed by atoms with Crippen LogP contribution in [0.1, 0.15) is 48.7 Å². The minimum Gasteiger partial charge on any atom is -0.339 e. The van der Waals surface area contributed by atoms with Crippen molar-refractivity contribution in [2.45, 2.75) is 45.6 Å². The second-order valence-electron chi connectivity index (χ2n) is 6.19. The van der Waals surface area contributed by atoms with Crippen LogP contribution in [0.3, 0.4) is 0 Å². The van der Waals surface area contributed by atoms with Gasteiger partial charge >= 0.3 is 12.4 Å². The second kappa shape index (κ2) is 7.03. The third-order valence-electron chi connectivity index (χ3n) is 3.63. The highest BCUT2D eigenvalue weighted by molar-refractivity contribution is 5.94. The zero-order valence-corrected chi connectivity index (χ0v) is 13.7. The van der Waals surface area contributed by atoms with E-state index in [9.17, 15) is 31.1 Å². The van der Waals surface area contributed by atoms with Crippen molar-refractivity contribution in [3.05, 3.63) is 34.9 Å². The first-order chi connectivity index (χ1) is 10.7. The van der Waals surface area contributed by atoms with E-state index in [0.29, 0.717) is 18.6 Å². The van der Waals surface area contributed by atoms with Crippen molar-refractivity contribution in [2.75, 3.05) is 7.05 Å². The van der Waals surface area contributed by atoms with Gasteiger partial charge in [0.1, 0.15) is 0 Å². The van der Waals surface area contributed by atoms with Crippen molar-refractivity contribution in [3.63, 3.8) is 0 Å². The van der Waals surface area contributed by atoms with Crippen LogP contribution in [0, 0.1) is 5.92 Å². The van der Waals surface area contributed by atoms with Gasteiger partial charge in [-0.05, 0) is 37.5 Å². The fraction of sp³-hybridized carbons (Fsp3) is 0.562. The fourth-order valence-electron chi connectivity index (χ4n) is 2.32. The number of hydrogen-bond donors (Lipinski definition) is 0. The van der Waals surface area contributed by atoms with E-state index in [1.807, 2.05) is 13.8 Å². The summed E-state index contributed by atoms with van der Waals surface area (Å²) in [6, 6.07) is 0.599. The van der Waals surface area contributed by atoms with Gasteiger partial charge in [-0.15, -0.1) is 0 Å². The number of rotatable bonds is 4. The van der Waals surface area contributed by atoms with Gasteiger partial charge in [0.05, 0.1) is 11.1 Å². The largest absolute Gasteiger partial charge is 0.416 e. The van der Waals surface area contributed by atoms with E-state index in [1.54, 1.807) is 6.92 Å². The maximum absolute atomic E-state index is 12.8. The van der Waals surface area contributed by atoms with Crippen LogP contribution in [-0.4, -0.2) is 23.9 Å². The van der Waals surface area contributed by atoms with Gasteiger partial charge in [-0.2, -0.15) is 26.3 Å². The number of nitrogens with zero attached hydrogens (tertiary/aromatic N) is 1. The highest BCUT2D eigenvalue weighted by atomic mass is 19.4. The molecule has 0 aromatic heterocycles. The average Bonchev–Trinajstić information content (AvgIpc) is 2.42. The molecule has 0 bridgehead atoms. The lowest BCUT2D eigenvalue weighted by Gasteiger charge is -2.27. The first-order valence-electron chi connectivity index (χ1n) is 7.30. The van der Waals surface area contributed by atoms with E-state index in [2.05, 4.69) is 0 Å². The second-order valence-corrected chi connectivity index (χ2v) is 6.19. The third kappa shape index (κ3) is 5.14. The Kier molecular flexibility index (Phi) is 5.95. The summed E-state index contributed by atoms with van der Waals surface area (Å²) in [5, 5.41) is 0. The van der Waals surface area contributed by atoms with Gasteiger partial charge in [-0.3, -0.25) is 4.79 Å². The van der Waals surface area contributed by atoms with Crippen LogP contribution in [0.4, 0.5) is 26.3 Å². The summed E-state index contributed by atoms with van der Waals surface area (Å²) in [5.41, 5.74) is -3.62. The Labute approximate surface area is 136 Å². The van der Waals surface area contributed by atoms with E-state index in [-0.39, 0.29) is 18.0 Å². The number of halogens is 6. The first-order valence-corrected chi connectivity index (χ1v) is 7.30. The Bertz CT molecular complexity index is 559. The van der Waals surface area contributed by atoms with Crippen molar-refractivity contribution in [1.82, 2.24) is 4.90 Å². The van der Waals surface area contributed by atoms with Gasteiger partial charge < -0.3 is 4.90 Å². The predicted molar refractivity (Wildman–Crippen MR) is 77.5 cm³/mol. The Morgan fingerprint density at radius 3 is 1.71 bits per heavy atom. The molecule has 1 amide bonds. The zero-order chi connectivity index (χ0) is 18.9. The molecule has 0 aliphatic heterocycles. The number of benzene rings is 1. The van der Waals surface area contributed by atoms with Gasteiger partial charge in [-0.1, -0.05) is 13.8 Å². The number of carbonyl (C=O) groups excluding carboxylic acids is 1. The smallest absolute Gasteiger partial charge is 0.339 e. The highest BCUT2D eigenvalue weighted by Gasteiger charge is 2.38. The molecule has 1 atom stereocenters. The molecule has 0 saturated carbocycles. The average molecular weight is 355 g/mol. The molecule has 136 valence electrons. The fourth-order valence-corrected chi connectivity index (χ4v) is 2.32. The number of carbonyl (C=O) groups is 1. The molecule has 0 fully saturated rings. The van der Waals surface area contributed by atoms with E-state index < -0.39 is 35.0 Å². The molecule has 0 aliphatic rings. The van der Waals surface area contributed by atoms with Crippen LogP contribution in [0.25, 0.3) is 0 Å². The molecule has 0 spiro atoms. The molecule has 0 saturated heterocycles. The summed E-state index contributed by atoms with van der Waals surface area (Å²) in [7, 11) is 1.36. The van der Waals surface area contributed by atoms with Crippen molar-refractivity contribution in [3.8, 4) is 0 Å². The molecule has 8 heteroatoms. The summed E-state index contributed by atoms with van der Waals surface area (Å²) in [4.78, 5) is 13.5. The Morgan fingerprint density at radius 1 is 0.958 bits per heavy atom. The Hall–Kier alpha value is -1.73. The molecule has 2 nitrogen and oxygen atoms in total. The minimum atomic E-state index is -4.97. The van der Waals surface area contributed by atoms with Crippen molar-refractivity contribution < 1.29 is 31.1 Å². The predicted octanol–water partition coefficient (Wildman–Crippen LogP) is 5.23. The lowest BCUT2D eigenvalue weighted by Crippen LogP contribution is -2.36.